The zero-order valence-corrected chi connectivity index (χ0v) is 11.6. The number of aryl methyl sites for hydroxylation is 1. The van der Waals surface area contributed by atoms with Crippen molar-refractivity contribution in [3.05, 3.63) is 29.8 Å². The first kappa shape index (κ1) is 14.1. The summed E-state index contributed by atoms with van der Waals surface area (Å²) in [5.74, 6) is 1.81. The van der Waals surface area contributed by atoms with Crippen LogP contribution in [0.1, 0.15) is 5.56 Å². The van der Waals surface area contributed by atoms with Gasteiger partial charge in [0.25, 0.3) is 0 Å². The Balaban J connectivity index is 2.49. The van der Waals surface area contributed by atoms with Gasteiger partial charge in [0.05, 0.1) is 6.61 Å². The molecule has 1 atom stereocenters. The standard InChI is InChI=1S/C11H15Cl2O2P/c1-10-2-4-11(5-3-10)15-16(9-7-13)14-8-6-12/h2-5H,6-9H2,1H3. The van der Waals surface area contributed by atoms with E-state index in [-0.39, 0.29) is 0 Å². The highest BCUT2D eigenvalue weighted by Gasteiger charge is 2.11. The summed E-state index contributed by atoms with van der Waals surface area (Å²) in [4.78, 5) is 0. The third-order valence-electron chi connectivity index (χ3n) is 1.81. The summed E-state index contributed by atoms with van der Waals surface area (Å²) < 4.78 is 11.2. The fourth-order valence-corrected chi connectivity index (χ4v) is 2.72. The average Bonchev–Trinajstić information content (AvgIpc) is 2.29. The van der Waals surface area contributed by atoms with Crippen LogP contribution in [-0.2, 0) is 4.52 Å². The normalized spacial score (nSPS) is 12.4. The van der Waals surface area contributed by atoms with Crippen molar-refractivity contribution in [1.82, 2.24) is 0 Å². The van der Waals surface area contributed by atoms with Crippen molar-refractivity contribution in [2.75, 3.05) is 24.5 Å². The van der Waals surface area contributed by atoms with Crippen LogP contribution in [0, 0.1) is 6.92 Å². The van der Waals surface area contributed by atoms with Crippen molar-refractivity contribution in [2.45, 2.75) is 6.92 Å². The average molecular weight is 281 g/mol. The lowest BCUT2D eigenvalue weighted by molar-refractivity contribution is 0.337. The van der Waals surface area contributed by atoms with Crippen molar-refractivity contribution in [3.8, 4) is 5.75 Å². The molecule has 0 saturated carbocycles. The molecule has 16 heavy (non-hydrogen) atoms. The molecule has 0 aliphatic heterocycles. The van der Waals surface area contributed by atoms with E-state index in [1.807, 2.05) is 31.2 Å². The fraction of sp³-hybridized carbons (Fsp3) is 0.455. The van der Waals surface area contributed by atoms with E-state index in [1.165, 1.54) is 5.56 Å². The summed E-state index contributed by atoms with van der Waals surface area (Å²) in [6.07, 6.45) is 0.710. The van der Waals surface area contributed by atoms with Gasteiger partial charge in [0.1, 0.15) is 5.75 Å². The topological polar surface area (TPSA) is 18.5 Å². The van der Waals surface area contributed by atoms with Crippen LogP contribution in [0.4, 0.5) is 0 Å². The summed E-state index contributed by atoms with van der Waals surface area (Å²) in [6, 6.07) is 7.88. The molecule has 0 amide bonds. The predicted octanol–water partition coefficient (Wildman–Crippen LogP) is 4.18. The van der Waals surface area contributed by atoms with Crippen LogP contribution in [-0.4, -0.2) is 24.5 Å². The van der Waals surface area contributed by atoms with Crippen LogP contribution in [0.25, 0.3) is 0 Å². The van der Waals surface area contributed by atoms with E-state index in [0.717, 1.165) is 5.75 Å². The molecule has 0 radical (unpaired) electrons. The third-order valence-corrected chi connectivity index (χ3v) is 3.89. The molecule has 1 aromatic carbocycles. The zero-order valence-electron chi connectivity index (χ0n) is 9.16. The van der Waals surface area contributed by atoms with E-state index in [9.17, 15) is 0 Å². The zero-order chi connectivity index (χ0) is 11.8. The van der Waals surface area contributed by atoms with Gasteiger partial charge < -0.3 is 9.05 Å². The van der Waals surface area contributed by atoms with E-state index < -0.39 is 8.38 Å². The predicted molar refractivity (Wildman–Crippen MR) is 71.0 cm³/mol. The van der Waals surface area contributed by atoms with Gasteiger partial charge in [-0.2, -0.15) is 0 Å². The number of hydrogen-bond donors (Lipinski definition) is 0. The van der Waals surface area contributed by atoms with Gasteiger partial charge in [-0.3, -0.25) is 0 Å². The monoisotopic (exact) mass is 280 g/mol. The Kier molecular flexibility index (Phi) is 7.15. The molecule has 2 nitrogen and oxygen atoms in total. The summed E-state index contributed by atoms with van der Waals surface area (Å²) in [5, 5.41) is 0. The van der Waals surface area contributed by atoms with Crippen molar-refractivity contribution in [1.29, 1.82) is 0 Å². The second-order valence-electron chi connectivity index (χ2n) is 3.17. The van der Waals surface area contributed by atoms with E-state index in [1.54, 1.807) is 0 Å². The first-order valence-electron chi connectivity index (χ1n) is 5.03. The molecule has 90 valence electrons. The summed E-state index contributed by atoms with van der Waals surface area (Å²) in [5.41, 5.74) is 1.20. The Morgan fingerprint density at radius 3 is 2.38 bits per heavy atom. The van der Waals surface area contributed by atoms with Crippen LogP contribution in [0.3, 0.4) is 0 Å². The van der Waals surface area contributed by atoms with E-state index in [0.29, 0.717) is 24.5 Å². The molecule has 0 saturated heterocycles. The molecule has 0 aromatic heterocycles. The second kappa shape index (κ2) is 8.14. The van der Waals surface area contributed by atoms with Crippen molar-refractivity contribution < 1.29 is 9.05 Å². The lowest BCUT2D eigenvalue weighted by Gasteiger charge is -2.16. The summed E-state index contributed by atoms with van der Waals surface area (Å²) in [6.45, 7) is 2.53. The van der Waals surface area contributed by atoms with Crippen LogP contribution in [0.2, 0.25) is 0 Å². The minimum Gasteiger partial charge on any atom is -0.447 e. The highest BCUT2D eigenvalue weighted by atomic mass is 35.5. The maximum absolute atomic E-state index is 5.71. The maximum Gasteiger partial charge on any atom is 0.231 e. The van der Waals surface area contributed by atoms with Gasteiger partial charge >= 0.3 is 0 Å². The quantitative estimate of drug-likeness (QED) is 0.551. The van der Waals surface area contributed by atoms with E-state index >= 15 is 0 Å². The molecular weight excluding hydrogens is 266 g/mol. The third kappa shape index (κ3) is 5.36. The lowest BCUT2D eigenvalue weighted by Crippen LogP contribution is -2.00. The number of halogens is 2. The van der Waals surface area contributed by atoms with Crippen LogP contribution < -0.4 is 4.52 Å². The molecule has 0 spiro atoms. The van der Waals surface area contributed by atoms with Crippen LogP contribution in [0.15, 0.2) is 24.3 Å². The smallest absolute Gasteiger partial charge is 0.231 e. The number of rotatable bonds is 7. The molecule has 0 N–H and O–H groups in total. The van der Waals surface area contributed by atoms with Gasteiger partial charge in [0.2, 0.25) is 8.38 Å². The van der Waals surface area contributed by atoms with E-state index in [2.05, 4.69) is 0 Å². The first-order valence-corrected chi connectivity index (χ1v) is 7.46. The van der Waals surface area contributed by atoms with Gasteiger partial charge in [0, 0.05) is 17.9 Å². The molecule has 1 unspecified atom stereocenters. The SMILES string of the molecule is Cc1ccc(OP(CCCl)OCCCl)cc1. The molecule has 0 aliphatic carbocycles. The Labute approximate surface area is 108 Å². The number of benzene rings is 1. The van der Waals surface area contributed by atoms with Gasteiger partial charge in [-0.25, -0.2) is 0 Å². The molecule has 0 aliphatic rings. The molecule has 5 heteroatoms. The molecule has 1 rings (SSSR count). The van der Waals surface area contributed by atoms with Crippen molar-refractivity contribution >= 4 is 31.6 Å². The Morgan fingerprint density at radius 1 is 1.12 bits per heavy atom. The first-order chi connectivity index (χ1) is 7.76. The number of alkyl halides is 2. The van der Waals surface area contributed by atoms with Crippen LogP contribution in [0.5, 0.6) is 5.75 Å². The Hall–Kier alpha value is -0.0100. The van der Waals surface area contributed by atoms with Gasteiger partial charge in [-0.05, 0) is 19.1 Å². The van der Waals surface area contributed by atoms with Crippen LogP contribution >= 0.6 is 31.6 Å². The lowest BCUT2D eigenvalue weighted by atomic mass is 10.2. The number of hydrogen-bond acceptors (Lipinski definition) is 2. The van der Waals surface area contributed by atoms with Gasteiger partial charge in [-0.15, -0.1) is 23.2 Å². The minimum absolute atomic E-state index is 0.471. The molecular formula is C11H15Cl2O2P. The fourth-order valence-electron chi connectivity index (χ4n) is 1.06. The highest BCUT2D eigenvalue weighted by Crippen LogP contribution is 2.39. The highest BCUT2D eigenvalue weighted by molar-refractivity contribution is 7.47. The van der Waals surface area contributed by atoms with E-state index in [4.69, 9.17) is 32.2 Å². The maximum atomic E-state index is 5.71. The van der Waals surface area contributed by atoms with Crippen molar-refractivity contribution in [2.24, 2.45) is 0 Å². The molecule has 0 fully saturated rings. The van der Waals surface area contributed by atoms with Gasteiger partial charge in [0.15, 0.2) is 0 Å². The molecule has 0 bridgehead atoms. The van der Waals surface area contributed by atoms with Gasteiger partial charge in [-0.1, -0.05) is 17.7 Å². The Morgan fingerprint density at radius 2 is 1.81 bits per heavy atom. The summed E-state index contributed by atoms with van der Waals surface area (Å²) in [7, 11) is -0.969. The molecule has 0 heterocycles. The largest absolute Gasteiger partial charge is 0.447 e. The Bertz CT molecular complexity index is 293. The summed E-state index contributed by atoms with van der Waals surface area (Å²) >= 11 is 11.3. The molecule has 1 aromatic rings. The second-order valence-corrected chi connectivity index (χ2v) is 5.48. The minimum atomic E-state index is -0.969. The van der Waals surface area contributed by atoms with Crippen molar-refractivity contribution in [3.63, 3.8) is 0 Å².